The van der Waals surface area contributed by atoms with Crippen LogP contribution in [-0.2, 0) is 14.3 Å². The summed E-state index contributed by atoms with van der Waals surface area (Å²) in [6, 6.07) is 0.426. The lowest BCUT2D eigenvalue weighted by Gasteiger charge is -2.39. The molecule has 1 atom stereocenters. The molecule has 0 aromatic carbocycles. The third-order valence-corrected chi connectivity index (χ3v) is 3.57. The van der Waals surface area contributed by atoms with Crippen molar-refractivity contribution in [3.8, 4) is 0 Å². The Morgan fingerprint density at radius 3 is 2.69 bits per heavy atom. The number of ether oxygens (including phenoxy) is 2. The van der Waals surface area contributed by atoms with Crippen LogP contribution in [0.2, 0.25) is 0 Å². The lowest BCUT2D eigenvalue weighted by molar-refractivity contribution is -0.161. The van der Waals surface area contributed by atoms with Crippen LogP contribution in [0.25, 0.3) is 0 Å². The molecule has 1 unspecified atom stereocenters. The largest absolute Gasteiger partial charge is 0.376 e. The van der Waals surface area contributed by atoms with Crippen molar-refractivity contribution in [1.82, 2.24) is 4.90 Å². The second-order valence-electron chi connectivity index (χ2n) is 4.24. The topological polar surface area (TPSA) is 38.8 Å². The third kappa shape index (κ3) is 2.76. The number of nitrogens with zero attached hydrogens (tertiary/aromatic N) is 1. The van der Waals surface area contributed by atoms with Crippen LogP contribution in [0.4, 0.5) is 0 Å². The molecule has 92 valence electrons. The van der Waals surface area contributed by atoms with E-state index in [0.29, 0.717) is 25.9 Å². The van der Waals surface area contributed by atoms with Gasteiger partial charge in [-0.1, -0.05) is 15.9 Å². The number of rotatable bonds is 4. The molecule has 1 saturated heterocycles. The highest BCUT2D eigenvalue weighted by Crippen LogP contribution is 2.26. The summed E-state index contributed by atoms with van der Waals surface area (Å²) in [6.07, 6.45) is 3.12. The summed E-state index contributed by atoms with van der Waals surface area (Å²) < 4.78 is 10.7. The molecule has 2 fully saturated rings. The first-order chi connectivity index (χ1) is 7.83. The van der Waals surface area contributed by atoms with Gasteiger partial charge in [0.1, 0.15) is 0 Å². The maximum Gasteiger partial charge on any atom is 0.254 e. The molecule has 1 saturated carbocycles. The number of halogens is 1. The van der Waals surface area contributed by atoms with Gasteiger partial charge in [0, 0.05) is 17.9 Å². The molecule has 0 radical (unpaired) electrons. The number of hydrogen-bond acceptors (Lipinski definition) is 3. The molecule has 1 aliphatic heterocycles. The summed E-state index contributed by atoms with van der Waals surface area (Å²) in [6.45, 7) is 2.31. The smallest absolute Gasteiger partial charge is 0.254 e. The molecule has 4 nitrogen and oxygen atoms in total. The van der Waals surface area contributed by atoms with Crippen LogP contribution in [0.15, 0.2) is 0 Å². The standard InChI is InChI=1S/C11H18BrNO3/c12-4-5-13(9-2-1-3-9)11(14)10-8-15-6-7-16-10/h9-10H,1-8H2. The van der Waals surface area contributed by atoms with Crippen LogP contribution in [-0.4, -0.2) is 54.6 Å². The molecule has 0 aromatic rings. The zero-order chi connectivity index (χ0) is 11.4. The molecule has 0 aromatic heterocycles. The number of carbonyl (C=O) groups excluding carboxylic acids is 1. The van der Waals surface area contributed by atoms with Crippen LogP contribution >= 0.6 is 15.9 Å². The van der Waals surface area contributed by atoms with Crippen molar-refractivity contribution >= 4 is 21.8 Å². The van der Waals surface area contributed by atoms with Gasteiger partial charge in [-0.25, -0.2) is 0 Å². The van der Waals surface area contributed by atoms with Gasteiger partial charge in [0.25, 0.3) is 5.91 Å². The van der Waals surface area contributed by atoms with Gasteiger partial charge < -0.3 is 14.4 Å². The fraction of sp³-hybridized carbons (Fsp3) is 0.909. The fourth-order valence-electron chi connectivity index (χ4n) is 2.08. The maximum absolute atomic E-state index is 12.2. The highest BCUT2D eigenvalue weighted by molar-refractivity contribution is 9.09. The Morgan fingerprint density at radius 1 is 1.38 bits per heavy atom. The van der Waals surface area contributed by atoms with Crippen molar-refractivity contribution in [3.63, 3.8) is 0 Å². The molecule has 2 aliphatic rings. The molecule has 0 bridgehead atoms. The Kier molecular flexibility index (Phi) is 4.61. The lowest BCUT2D eigenvalue weighted by Crippen LogP contribution is -2.52. The van der Waals surface area contributed by atoms with Crippen molar-refractivity contribution in [3.05, 3.63) is 0 Å². The predicted molar refractivity (Wildman–Crippen MR) is 63.7 cm³/mol. The number of amides is 1. The Morgan fingerprint density at radius 2 is 2.19 bits per heavy atom. The lowest BCUT2D eigenvalue weighted by atomic mass is 9.91. The summed E-state index contributed by atoms with van der Waals surface area (Å²) >= 11 is 3.40. The van der Waals surface area contributed by atoms with E-state index >= 15 is 0 Å². The molecule has 16 heavy (non-hydrogen) atoms. The number of carbonyl (C=O) groups is 1. The first-order valence-electron chi connectivity index (χ1n) is 5.88. The summed E-state index contributed by atoms with van der Waals surface area (Å²) in [5, 5.41) is 0.822. The average molecular weight is 292 g/mol. The number of hydrogen-bond donors (Lipinski definition) is 0. The van der Waals surface area contributed by atoms with Gasteiger partial charge in [-0.2, -0.15) is 0 Å². The van der Waals surface area contributed by atoms with E-state index in [1.54, 1.807) is 0 Å². The third-order valence-electron chi connectivity index (χ3n) is 3.22. The summed E-state index contributed by atoms with van der Waals surface area (Å²) in [7, 11) is 0. The second-order valence-corrected chi connectivity index (χ2v) is 5.03. The highest BCUT2D eigenvalue weighted by Gasteiger charge is 2.33. The minimum atomic E-state index is -0.381. The van der Waals surface area contributed by atoms with E-state index in [1.165, 1.54) is 6.42 Å². The van der Waals surface area contributed by atoms with Gasteiger partial charge in [-0.05, 0) is 19.3 Å². The van der Waals surface area contributed by atoms with Gasteiger partial charge >= 0.3 is 0 Å². The SMILES string of the molecule is O=C(C1COCCO1)N(CCBr)C1CCC1. The van der Waals surface area contributed by atoms with Crippen LogP contribution in [0.1, 0.15) is 19.3 Å². The van der Waals surface area contributed by atoms with Crippen molar-refractivity contribution in [2.75, 3.05) is 31.7 Å². The van der Waals surface area contributed by atoms with E-state index < -0.39 is 0 Å². The quantitative estimate of drug-likeness (QED) is 0.730. The zero-order valence-corrected chi connectivity index (χ0v) is 10.9. The van der Waals surface area contributed by atoms with Crippen molar-refractivity contribution in [2.24, 2.45) is 0 Å². The molecule has 0 N–H and O–H groups in total. The Bertz CT molecular complexity index is 239. The Labute approximate surface area is 104 Å². The van der Waals surface area contributed by atoms with Crippen LogP contribution in [0.3, 0.4) is 0 Å². The van der Waals surface area contributed by atoms with E-state index in [1.807, 2.05) is 4.90 Å². The second kappa shape index (κ2) is 5.98. The van der Waals surface area contributed by atoms with E-state index in [4.69, 9.17) is 9.47 Å². The van der Waals surface area contributed by atoms with Gasteiger partial charge in [-0.3, -0.25) is 4.79 Å². The molecule has 1 aliphatic carbocycles. The minimum absolute atomic E-state index is 0.101. The van der Waals surface area contributed by atoms with Gasteiger partial charge in [0.05, 0.1) is 19.8 Å². The monoisotopic (exact) mass is 291 g/mol. The maximum atomic E-state index is 12.2. The predicted octanol–water partition coefficient (Wildman–Crippen LogP) is 1.18. The normalized spacial score (nSPS) is 26.2. The van der Waals surface area contributed by atoms with Crippen molar-refractivity contribution in [1.29, 1.82) is 0 Å². The van der Waals surface area contributed by atoms with E-state index in [2.05, 4.69) is 15.9 Å². The van der Waals surface area contributed by atoms with Crippen LogP contribution < -0.4 is 0 Å². The van der Waals surface area contributed by atoms with E-state index in [-0.39, 0.29) is 12.0 Å². The van der Waals surface area contributed by atoms with E-state index in [9.17, 15) is 4.79 Å². The van der Waals surface area contributed by atoms with Crippen LogP contribution in [0, 0.1) is 0 Å². The minimum Gasteiger partial charge on any atom is -0.376 e. The van der Waals surface area contributed by atoms with Gasteiger partial charge in [-0.15, -0.1) is 0 Å². The molecule has 0 spiro atoms. The van der Waals surface area contributed by atoms with Gasteiger partial charge in [0.2, 0.25) is 0 Å². The fourth-order valence-corrected chi connectivity index (χ4v) is 2.46. The first kappa shape index (κ1) is 12.3. The number of alkyl halides is 1. The summed E-state index contributed by atoms with van der Waals surface area (Å²) in [5.74, 6) is 0.101. The molecular weight excluding hydrogens is 274 g/mol. The van der Waals surface area contributed by atoms with Gasteiger partial charge in [0.15, 0.2) is 6.10 Å². The van der Waals surface area contributed by atoms with E-state index in [0.717, 1.165) is 24.7 Å². The zero-order valence-electron chi connectivity index (χ0n) is 9.36. The molecule has 1 amide bonds. The van der Waals surface area contributed by atoms with Crippen LogP contribution in [0.5, 0.6) is 0 Å². The molecule has 5 heteroatoms. The summed E-state index contributed by atoms with van der Waals surface area (Å²) in [4.78, 5) is 14.2. The molecule has 2 rings (SSSR count). The molecular formula is C11H18BrNO3. The van der Waals surface area contributed by atoms with Crippen molar-refractivity contribution in [2.45, 2.75) is 31.4 Å². The average Bonchev–Trinajstić information content (AvgIpc) is 2.26. The Hall–Kier alpha value is -0.130. The first-order valence-corrected chi connectivity index (χ1v) is 7.01. The molecule has 1 heterocycles. The summed E-state index contributed by atoms with van der Waals surface area (Å²) in [5.41, 5.74) is 0. The van der Waals surface area contributed by atoms with Crippen molar-refractivity contribution < 1.29 is 14.3 Å². The Balaban J connectivity index is 1.92. The highest BCUT2D eigenvalue weighted by atomic mass is 79.9.